The first kappa shape index (κ1) is 12.2. The van der Waals surface area contributed by atoms with Gasteiger partial charge in [-0.15, -0.1) is 0 Å². The Morgan fingerprint density at radius 2 is 1.83 bits per heavy atom. The van der Waals surface area contributed by atoms with Gasteiger partial charge in [0.15, 0.2) is 0 Å². The first-order chi connectivity index (χ1) is 8.74. The van der Waals surface area contributed by atoms with Crippen molar-refractivity contribution in [2.75, 3.05) is 13.1 Å². The number of nitrogens with zero attached hydrogens (tertiary/aromatic N) is 1. The van der Waals surface area contributed by atoms with Gasteiger partial charge in [0.1, 0.15) is 0 Å². The standard InChI is InChI=1S/C16H24N2/c1-12(2)18-10-15-4-3-14(9-16(15)11-18)13-5-7-17-8-6-13/h3-4,9,12-13,17H,5-8,10-11H2,1-2H3. The fourth-order valence-electron chi connectivity index (χ4n) is 3.22. The van der Waals surface area contributed by atoms with E-state index in [1.54, 1.807) is 16.7 Å². The van der Waals surface area contributed by atoms with E-state index >= 15 is 0 Å². The van der Waals surface area contributed by atoms with Crippen molar-refractivity contribution < 1.29 is 0 Å². The van der Waals surface area contributed by atoms with Gasteiger partial charge >= 0.3 is 0 Å². The lowest BCUT2D eigenvalue weighted by atomic mass is 9.88. The molecule has 0 spiro atoms. The monoisotopic (exact) mass is 244 g/mol. The quantitative estimate of drug-likeness (QED) is 0.860. The number of benzene rings is 1. The van der Waals surface area contributed by atoms with E-state index in [1.165, 1.54) is 25.9 Å². The van der Waals surface area contributed by atoms with Gasteiger partial charge in [0.25, 0.3) is 0 Å². The van der Waals surface area contributed by atoms with Crippen molar-refractivity contribution in [3.8, 4) is 0 Å². The highest BCUT2D eigenvalue weighted by atomic mass is 15.2. The molecule has 98 valence electrons. The highest BCUT2D eigenvalue weighted by molar-refractivity contribution is 5.36. The van der Waals surface area contributed by atoms with Gasteiger partial charge in [-0.05, 0) is 62.4 Å². The Morgan fingerprint density at radius 1 is 1.11 bits per heavy atom. The van der Waals surface area contributed by atoms with Crippen LogP contribution in [-0.2, 0) is 13.1 Å². The molecule has 1 N–H and O–H groups in total. The smallest absolute Gasteiger partial charge is 0.0243 e. The van der Waals surface area contributed by atoms with Crippen LogP contribution in [-0.4, -0.2) is 24.0 Å². The van der Waals surface area contributed by atoms with E-state index < -0.39 is 0 Å². The van der Waals surface area contributed by atoms with Crippen LogP contribution in [0.2, 0.25) is 0 Å². The number of rotatable bonds is 2. The van der Waals surface area contributed by atoms with E-state index in [-0.39, 0.29) is 0 Å². The summed E-state index contributed by atoms with van der Waals surface area (Å²) >= 11 is 0. The summed E-state index contributed by atoms with van der Waals surface area (Å²) in [5.41, 5.74) is 4.68. The van der Waals surface area contributed by atoms with E-state index in [1.807, 2.05) is 0 Å². The summed E-state index contributed by atoms with van der Waals surface area (Å²) in [6.45, 7) is 9.23. The van der Waals surface area contributed by atoms with Crippen LogP contribution < -0.4 is 5.32 Å². The van der Waals surface area contributed by atoms with Crippen LogP contribution >= 0.6 is 0 Å². The van der Waals surface area contributed by atoms with E-state index in [0.29, 0.717) is 6.04 Å². The molecule has 2 heterocycles. The molecular formula is C16H24N2. The van der Waals surface area contributed by atoms with Crippen LogP contribution in [0.5, 0.6) is 0 Å². The van der Waals surface area contributed by atoms with Crippen molar-refractivity contribution in [2.24, 2.45) is 0 Å². The van der Waals surface area contributed by atoms with Crippen molar-refractivity contribution in [3.63, 3.8) is 0 Å². The van der Waals surface area contributed by atoms with E-state index in [4.69, 9.17) is 0 Å². The molecule has 0 bridgehead atoms. The van der Waals surface area contributed by atoms with Crippen molar-refractivity contribution in [1.29, 1.82) is 0 Å². The van der Waals surface area contributed by atoms with Crippen LogP contribution in [0.4, 0.5) is 0 Å². The summed E-state index contributed by atoms with van der Waals surface area (Å²) in [4.78, 5) is 2.55. The average molecular weight is 244 g/mol. The Labute approximate surface area is 110 Å². The molecule has 3 rings (SSSR count). The van der Waals surface area contributed by atoms with E-state index in [9.17, 15) is 0 Å². The number of piperidine rings is 1. The Hall–Kier alpha value is -0.860. The van der Waals surface area contributed by atoms with Gasteiger partial charge < -0.3 is 5.32 Å². The van der Waals surface area contributed by atoms with Gasteiger partial charge in [-0.3, -0.25) is 4.90 Å². The minimum atomic E-state index is 0.653. The van der Waals surface area contributed by atoms with Crippen molar-refractivity contribution in [2.45, 2.75) is 51.7 Å². The van der Waals surface area contributed by atoms with Gasteiger partial charge in [-0.25, -0.2) is 0 Å². The van der Waals surface area contributed by atoms with Crippen molar-refractivity contribution >= 4 is 0 Å². The lowest BCUT2D eigenvalue weighted by Crippen LogP contribution is -2.26. The number of fused-ring (bicyclic) bond motifs is 1. The summed E-state index contributed by atoms with van der Waals surface area (Å²) < 4.78 is 0. The van der Waals surface area contributed by atoms with E-state index in [2.05, 4.69) is 42.3 Å². The zero-order valence-electron chi connectivity index (χ0n) is 11.6. The number of hydrogen-bond donors (Lipinski definition) is 1. The molecule has 0 amide bonds. The first-order valence-corrected chi connectivity index (χ1v) is 7.30. The lowest BCUT2D eigenvalue weighted by Gasteiger charge is -2.23. The Kier molecular flexibility index (Phi) is 3.40. The molecule has 1 saturated heterocycles. The molecule has 0 radical (unpaired) electrons. The molecule has 2 nitrogen and oxygen atoms in total. The molecule has 1 fully saturated rings. The Morgan fingerprint density at radius 3 is 2.56 bits per heavy atom. The molecular weight excluding hydrogens is 220 g/mol. The Bertz CT molecular complexity index is 419. The summed E-state index contributed by atoms with van der Waals surface area (Å²) in [6.07, 6.45) is 2.60. The van der Waals surface area contributed by atoms with Gasteiger partial charge in [0.05, 0.1) is 0 Å². The minimum Gasteiger partial charge on any atom is -0.317 e. The van der Waals surface area contributed by atoms with Crippen LogP contribution in [0, 0.1) is 0 Å². The minimum absolute atomic E-state index is 0.653. The van der Waals surface area contributed by atoms with Gasteiger partial charge in [-0.2, -0.15) is 0 Å². The summed E-state index contributed by atoms with van der Waals surface area (Å²) in [6, 6.07) is 7.88. The van der Waals surface area contributed by atoms with Gasteiger partial charge in [0.2, 0.25) is 0 Å². The van der Waals surface area contributed by atoms with Gasteiger partial charge in [-0.1, -0.05) is 18.2 Å². The predicted octanol–water partition coefficient (Wildman–Crippen LogP) is 2.88. The molecule has 2 aliphatic heterocycles. The molecule has 18 heavy (non-hydrogen) atoms. The third-order valence-electron chi connectivity index (χ3n) is 4.52. The predicted molar refractivity (Wildman–Crippen MR) is 75.7 cm³/mol. The first-order valence-electron chi connectivity index (χ1n) is 7.30. The number of hydrogen-bond acceptors (Lipinski definition) is 2. The largest absolute Gasteiger partial charge is 0.317 e. The molecule has 0 atom stereocenters. The molecule has 0 aromatic heterocycles. The second-order valence-corrected chi connectivity index (χ2v) is 6.05. The average Bonchev–Trinajstić information content (AvgIpc) is 2.82. The highest BCUT2D eigenvalue weighted by Gasteiger charge is 2.23. The second kappa shape index (κ2) is 5.02. The maximum absolute atomic E-state index is 3.45. The SMILES string of the molecule is CC(C)N1Cc2ccc(C3CCNCC3)cc2C1. The van der Waals surface area contributed by atoms with Crippen molar-refractivity contribution in [1.82, 2.24) is 10.2 Å². The normalized spacial score (nSPS) is 21.5. The zero-order chi connectivity index (χ0) is 12.5. The van der Waals surface area contributed by atoms with Crippen molar-refractivity contribution in [3.05, 3.63) is 34.9 Å². The fraction of sp³-hybridized carbons (Fsp3) is 0.625. The zero-order valence-corrected chi connectivity index (χ0v) is 11.6. The topological polar surface area (TPSA) is 15.3 Å². The maximum Gasteiger partial charge on any atom is 0.0243 e. The molecule has 2 aliphatic rings. The molecule has 1 aromatic carbocycles. The van der Waals surface area contributed by atoms with Crippen LogP contribution in [0.15, 0.2) is 18.2 Å². The molecule has 0 aliphatic carbocycles. The summed E-state index contributed by atoms with van der Waals surface area (Å²) in [7, 11) is 0. The molecule has 0 unspecified atom stereocenters. The molecule has 2 heteroatoms. The van der Waals surface area contributed by atoms with Crippen LogP contribution in [0.3, 0.4) is 0 Å². The third-order valence-corrected chi connectivity index (χ3v) is 4.52. The number of nitrogens with one attached hydrogen (secondary N) is 1. The lowest BCUT2D eigenvalue weighted by molar-refractivity contribution is 0.227. The van der Waals surface area contributed by atoms with E-state index in [0.717, 1.165) is 19.0 Å². The molecule has 1 aromatic rings. The molecule has 0 saturated carbocycles. The summed E-state index contributed by atoms with van der Waals surface area (Å²) in [5.74, 6) is 0.782. The third kappa shape index (κ3) is 2.32. The second-order valence-electron chi connectivity index (χ2n) is 6.05. The van der Waals surface area contributed by atoms with Crippen LogP contribution in [0.1, 0.15) is 49.3 Å². The fourth-order valence-corrected chi connectivity index (χ4v) is 3.22. The van der Waals surface area contributed by atoms with Crippen LogP contribution in [0.25, 0.3) is 0 Å². The summed E-state index contributed by atoms with van der Waals surface area (Å²) in [5, 5.41) is 3.45. The highest BCUT2D eigenvalue weighted by Crippen LogP contribution is 2.31. The maximum atomic E-state index is 3.45. The van der Waals surface area contributed by atoms with Gasteiger partial charge in [0, 0.05) is 19.1 Å². The Balaban J connectivity index is 1.78.